The summed E-state index contributed by atoms with van der Waals surface area (Å²) < 4.78 is 0. The average Bonchev–Trinajstić information content (AvgIpc) is 2.15. The van der Waals surface area contributed by atoms with Crippen molar-refractivity contribution in [2.75, 3.05) is 11.5 Å². The van der Waals surface area contributed by atoms with Crippen LogP contribution in [0.4, 0.5) is 0 Å². The van der Waals surface area contributed by atoms with Crippen LogP contribution in [-0.4, -0.2) is 17.5 Å². The van der Waals surface area contributed by atoms with Crippen molar-refractivity contribution >= 4 is 11.8 Å². The van der Waals surface area contributed by atoms with Gasteiger partial charge < -0.3 is 5.73 Å². The van der Waals surface area contributed by atoms with Crippen LogP contribution in [0.25, 0.3) is 0 Å². The molecule has 0 fully saturated rings. The van der Waals surface area contributed by atoms with Gasteiger partial charge in [-0.25, -0.2) is 0 Å². The van der Waals surface area contributed by atoms with Gasteiger partial charge in [0, 0.05) is 11.8 Å². The normalized spacial score (nSPS) is 20.1. The van der Waals surface area contributed by atoms with Crippen LogP contribution in [0.1, 0.15) is 52.4 Å². The van der Waals surface area contributed by atoms with Crippen molar-refractivity contribution < 1.29 is 0 Å². The molecule has 0 saturated carbocycles. The highest BCUT2D eigenvalue weighted by atomic mass is 32.2. The number of hydrogen-bond acceptors (Lipinski definition) is 2. The zero-order chi connectivity index (χ0) is 11.8. The maximum absolute atomic E-state index is 6.27. The van der Waals surface area contributed by atoms with Crippen LogP contribution in [-0.2, 0) is 0 Å². The van der Waals surface area contributed by atoms with Crippen LogP contribution in [0.3, 0.4) is 0 Å². The van der Waals surface area contributed by atoms with E-state index in [1.807, 2.05) is 11.8 Å². The monoisotopic (exact) mass is 241 g/mol. The lowest BCUT2D eigenvalue weighted by molar-refractivity contribution is 0.606. The van der Waals surface area contributed by atoms with Crippen molar-refractivity contribution in [3.63, 3.8) is 0 Å². The average molecular weight is 241 g/mol. The molecule has 0 radical (unpaired) electrons. The minimum absolute atomic E-state index is 0.307. The van der Waals surface area contributed by atoms with Gasteiger partial charge in [0.25, 0.3) is 0 Å². The molecule has 0 bridgehead atoms. The molecule has 1 aliphatic rings. The first-order valence-corrected chi connectivity index (χ1v) is 7.88. The van der Waals surface area contributed by atoms with Gasteiger partial charge in [0.15, 0.2) is 0 Å². The smallest absolute Gasteiger partial charge is 0.0345 e. The summed E-state index contributed by atoms with van der Waals surface area (Å²) in [7, 11) is 0. The van der Waals surface area contributed by atoms with E-state index in [9.17, 15) is 0 Å². The molecule has 1 rings (SSSR count). The van der Waals surface area contributed by atoms with E-state index in [4.69, 9.17) is 5.73 Å². The molecule has 2 heteroatoms. The summed E-state index contributed by atoms with van der Waals surface area (Å²) in [5.41, 5.74) is 7.79. The van der Waals surface area contributed by atoms with Crippen LogP contribution < -0.4 is 5.73 Å². The lowest BCUT2D eigenvalue weighted by Crippen LogP contribution is -2.26. The highest BCUT2D eigenvalue weighted by Gasteiger charge is 2.10. The van der Waals surface area contributed by atoms with Gasteiger partial charge in [-0.15, -0.1) is 0 Å². The zero-order valence-electron chi connectivity index (χ0n) is 10.9. The molecule has 1 aliphatic carbocycles. The topological polar surface area (TPSA) is 26.0 Å². The predicted octanol–water partition coefficient (Wildman–Crippen LogP) is 3.98. The molecule has 0 aliphatic heterocycles. The summed E-state index contributed by atoms with van der Waals surface area (Å²) in [4.78, 5) is 0. The van der Waals surface area contributed by atoms with E-state index < -0.39 is 0 Å². The fraction of sp³-hybridized carbons (Fsp3) is 0.857. The highest BCUT2D eigenvalue weighted by Crippen LogP contribution is 2.21. The van der Waals surface area contributed by atoms with Gasteiger partial charge in [-0.1, -0.05) is 38.3 Å². The molecule has 1 atom stereocenters. The first kappa shape index (κ1) is 14.1. The fourth-order valence-electron chi connectivity index (χ4n) is 2.09. The maximum atomic E-state index is 6.27. The SMILES string of the molecule is CC(C)CSCC(N)C1=CCCCCCC1. The van der Waals surface area contributed by atoms with Crippen molar-refractivity contribution in [3.8, 4) is 0 Å². The molecule has 2 N–H and O–H groups in total. The third-order valence-electron chi connectivity index (χ3n) is 3.05. The lowest BCUT2D eigenvalue weighted by Gasteiger charge is -2.18. The Kier molecular flexibility index (Phi) is 7.22. The second-order valence-corrected chi connectivity index (χ2v) is 6.34. The molecule has 0 heterocycles. The van der Waals surface area contributed by atoms with Crippen molar-refractivity contribution in [3.05, 3.63) is 11.6 Å². The standard InChI is InChI=1S/C14H27NS/c1-12(2)10-16-11-14(15)13-8-6-4-3-5-7-9-13/h8,12,14H,3-7,9-11,15H2,1-2H3. The molecule has 94 valence electrons. The minimum atomic E-state index is 0.307. The Morgan fingerprint density at radius 3 is 2.69 bits per heavy atom. The van der Waals surface area contributed by atoms with E-state index >= 15 is 0 Å². The third-order valence-corrected chi connectivity index (χ3v) is 4.55. The van der Waals surface area contributed by atoms with Gasteiger partial charge in [-0.05, 0) is 37.4 Å². The van der Waals surface area contributed by atoms with Gasteiger partial charge in [-0.3, -0.25) is 0 Å². The molecule has 0 aromatic rings. The Bertz CT molecular complexity index is 211. The number of nitrogens with two attached hydrogens (primary N) is 1. The largest absolute Gasteiger partial charge is 0.324 e. The zero-order valence-corrected chi connectivity index (χ0v) is 11.7. The first-order valence-electron chi connectivity index (χ1n) is 6.72. The molecule has 0 amide bonds. The van der Waals surface area contributed by atoms with Gasteiger partial charge in [0.1, 0.15) is 0 Å². The molecular weight excluding hydrogens is 214 g/mol. The Labute approximate surface area is 105 Å². The van der Waals surface area contributed by atoms with E-state index in [2.05, 4.69) is 19.9 Å². The van der Waals surface area contributed by atoms with Crippen LogP contribution in [0.2, 0.25) is 0 Å². The molecule has 16 heavy (non-hydrogen) atoms. The van der Waals surface area contributed by atoms with Gasteiger partial charge in [0.2, 0.25) is 0 Å². The summed E-state index contributed by atoms with van der Waals surface area (Å²) in [6.45, 7) is 4.54. The molecule has 0 aromatic carbocycles. The second-order valence-electron chi connectivity index (χ2n) is 5.27. The number of hydrogen-bond donors (Lipinski definition) is 1. The van der Waals surface area contributed by atoms with Gasteiger partial charge >= 0.3 is 0 Å². The van der Waals surface area contributed by atoms with Crippen molar-refractivity contribution in [1.82, 2.24) is 0 Å². The Hall–Kier alpha value is 0.0500. The number of allylic oxidation sites excluding steroid dienone is 1. The van der Waals surface area contributed by atoms with Gasteiger partial charge in [-0.2, -0.15) is 11.8 Å². The summed E-state index contributed by atoms with van der Waals surface area (Å²) >= 11 is 2.01. The molecule has 0 aromatic heterocycles. The molecule has 1 nitrogen and oxygen atoms in total. The van der Waals surface area contributed by atoms with Crippen molar-refractivity contribution in [2.24, 2.45) is 11.7 Å². The van der Waals surface area contributed by atoms with Crippen molar-refractivity contribution in [2.45, 2.75) is 58.4 Å². The minimum Gasteiger partial charge on any atom is -0.324 e. The summed E-state index contributed by atoms with van der Waals surface area (Å²) in [6.07, 6.45) is 10.4. The highest BCUT2D eigenvalue weighted by molar-refractivity contribution is 7.99. The summed E-state index contributed by atoms with van der Waals surface area (Å²) in [5.74, 6) is 3.12. The van der Waals surface area contributed by atoms with Crippen LogP contribution in [0.5, 0.6) is 0 Å². The molecule has 0 spiro atoms. The van der Waals surface area contributed by atoms with E-state index in [0.717, 1.165) is 11.7 Å². The Morgan fingerprint density at radius 1 is 1.19 bits per heavy atom. The first-order chi connectivity index (χ1) is 7.70. The fourth-order valence-corrected chi connectivity index (χ4v) is 3.17. The second kappa shape index (κ2) is 8.19. The number of thioether (sulfide) groups is 1. The Balaban J connectivity index is 2.29. The van der Waals surface area contributed by atoms with Crippen LogP contribution in [0, 0.1) is 5.92 Å². The van der Waals surface area contributed by atoms with E-state index in [1.54, 1.807) is 0 Å². The Morgan fingerprint density at radius 2 is 1.94 bits per heavy atom. The summed E-state index contributed by atoms with van der Waals surface area (Å²) in [5, 5.41) is 0. The van der Waals surface area contributed by atoms with Crippen LogP contribution in [0.15, 0.2) is 11.6 Å². The summed E-state index contributed by atoms with van der Waals surface area (Å²) in [6, 6.07) is 0.307. The molecular formula is C14H27NS. The van der Waals surface area contributed by atoms with E-state index in [0.29, 0.717) is 6.04 Å². The van der Waals surface area contributed by atoms with Crippen molar-refractivity contribution in [1.29, 1.82) is 0 Å². The number of rotatable bonds is 5. The predicted molar refractivity (Wildman–Crippen MR) is 75.9 cm³/mol. The molecule has 0 saturated heterocycles. The van der Waals surface area contributed by atoms with Crippen LogP contribution >= 0.6 is 11.8 Å². The van der Waals surface area contributed by atoms with E-state index in [-0.39, 0.29) is 0 Å². The van der Waals surface area contributed by atoms with E-state index in [1.165, 1.54) is 49.9 Å². The molecule has 1 unspecified atom stereocenters. The lowest BCUT2D eigenvalue weighted by atomic mass is 9.96. The third kappa shape index (κ3) is 5.95. The quantitative estimate of drug-likeness (QED) is 0.737. The van der Waals surface area contributed by atoms with Gasteiger partial charge in [0.05, 0.1) is 0 Å². The maximum Gasteiger partial charge on any atom is 0.0345 e.